The number of carboxylic acids is 1. The van der Waals surface area contributed by atoms with Gasteiger partial charge in [0.2, 0.25) is 0 Å². The normalized spacial score (nSPS) is 9.65. The summed E-state index contributed by atoms with van der Waals surface area (Å²) >= 11 is 23.7. The number of aromatic carboxylic acids is 1. The average Bonchev–Trinajstić information content (AvgIpc) is 2.73. The summed E-state index contributed by atoms with van der Waals surface area (Å²) in [7, 11) is 0. The van der Waals surface area contributed by atoms with Gasteiger partial charge in [-0.3, -0.25) is 0 Å². The molecule has 0 aliphatic carbocycles. The molecule has 0 aliphatic rings. The molecular weight excluding hydrogens is 350 g/mol. The molecule has 2 aromatic rings. The number of hydrogen-bond donors (Lipinski definition) is 1. The van der Waals surface area contributed by atoms with E-state index in [1.165, 1.54) is 11.3 Å². The Bertz CT molecular complexity index is 511. The molecule has 0 atom stereocenters. The first-order valence-electron chi connectivity index (χ1n) is 3.71. The number of nitrogens with zero attached hydrogens (tertiary/aromatic N) is 2. The number of thiazole rings is 2. The molecular formula is C7H2Cl4N2O2S2. The highest BCUT2D eigenvalue weighted by Gasteiger charge is 2.13. The molecule has 1 N–H and O–H groups in total. The molecule has 0 spiro atoms. The van der Waals surface area contributed by atoms with Gasteiger partial charge in [-0.15, -0.1) is 11.3 Å². The summed E-state index contributed by atoms with van der Waals surface area (Å²) in [5, 5.41) is 10.5. The SMILES string of the molecule is Clc1csc(Cl)n1.O=C(O)c1sc(Cl)nc1Cl. The molecule has 2 aromatic heterocycles. The third-order valence-corrected chi connectivity index (χ3v) is 4.04. The summed E-state index contributed by atoms with van der Waals surface area (Å²) < 4.78 is 0.632. The zero-order chi connectivity index (χ0) is 13.0. The molecule has 10 heteroatoms. The number of halogens is 4. The molecule has 0 aromatic carbocycles. The first-order chi connectivity index (χ1) is 7.90. The van der Waals surface area contributed by atoms with Gasteiger partial charge in [-0.2, -0.15) is 0 Å². The van der Waals surface area contributed by atoms with Gasteiger partial charge in [0.15, 0.2) is 19.0 Å². The van der Waals surface area contributed by atoms with E-state index in [1.54, 1.807) is 5.38 Å². The van der Waals surface area contributed by atoms with Crippen LogP contribution in [0, 0.1) is 0 Å². The second-order valence-corrected chi connectivity index (χ2v) is 6.08. The predicted molar refractivity (Wildman–Crippen MR) is 71.2 cm³/mol. The van der Waals surface area contributed by atoms with Crippen molar-refractivity contribution in [3.63, 3.8) is 0 Å². The monoisotopic (exact) mass is 350 g/mol. The van der Waals surface area contributed by atoms with Crippen LogP contribution in [0.5, 0.6) is 0 Å². The van der Waals surface area contributed by atoms with Crippen LogP contribution in [-0.4, -0.2) is 21.0 Å². The van der Waals surface area contributed by atoms with Crippen molar-refractivity contribution in [2.45, 2.75) is 0 Å². The van der Waals surface area contributed by atoms with Gasteiger partial charge in [0.25, 0.3) is 0 Å². The van der Waals surface area contributed by atoms with Crippen LogP contribution in [0.25, 0.3) is 0 Å². The Labute approximate surface area is 124 Å². The van der Waals surface area contributed by atoms with Gasteiger partial charge in [-0.25, -0.2) is 14.8 Å². The summed E-state index contributed by atoms with van der Waals surface area (Å²) in [5.41, 5.74) is 0. The zero-order valence-electron chi connectivity index (χ0n) is 7.66. The molecule has 17 heavy (non-hydrogen) atoms. The van der Waals surface area contributed by atoms with E-state index in [-0.39, 0.29) is 14.5 Å². The van der Waals surface area contributed by atoms with Crippen molar-refractivity contribution in [1.29, 1.82) is 0 Å². The Morgan fingerprint density at radius 1 is 1.18 bits per heavy atom. The van der Waals surface area contributed by atoms with Gasteiger partial charge in [-0.05, 0) is 0 Å². The molecule has 2 rings (SSSR count). The van der Waals surface area contributed by atoms with Crippen molar-refractivity contribution in [2.75, 3.05) is 0 Å². The maximum atomic E-state index is 10.3. The topological polar surface area (TPSA) is 63.1 Å². The van der Waals surface area contributed by atoms with Gasteiger partial charge in [0, 0.05) is 5.38 Å². The zero-order valence-corrected chi connectivity index (χ0v) is 12.3. The van der Waals surface area contributed by atoms with E-state index < -0.39 is 5.97 Å². The molecule has 0 saturated carbocycles. The fourth-order valence-electron chi connectivity index (χ4n) is 0.643. The number of carboxylic acid groups (broad SMARTS) is 1. The predicted octanol–water partition coefficient (Wildman–Crippen LogP) is 4.60. The summed E-state index contributed by atoms with van der Waals surface area (Å²) in [4.78, 5) is 17.4. The van der Waals surface area contributed by atoms with Gasteiger partial charge < -0.3 is 5.11 Å². The molecule has 0 saturated heterocycles. The maximum absolute atomic E-state index is 10.3. The Hall–Kier alpha value is -0.110. The van der Waals surface area contributed by atoms with Crippen molar-refractivity contribution in [3.05, 3.63) is 29.5 Å². The molecule has 0 bridgehead atoms. The quantitative estimate of drug-likeness (QED) is 0.815. The summed E-state index contributed by atoms with van der Waals surface area (Å²) in [6, 6.07) is 0. The highest BCUT2D eigenvalue weighted by Crippen LogP contribution is 2.25. The van der Waals surface area contributed by atoms with Crippen molar-refractivity contribution >= 4 is 75.0 Å². The third kappa shape index (κ3) is 4.95. The minimum absolute atomic E-state index is 0.0216. The van der Waals surface area contributed by atoms with Crippen molar-refractivity contribution in [2.24, 2.45) is 0 Å². The molecule has 2 heterocycles. The Morgan fingerprint density at radius 3 is 2.00 bits per heavy atom. The lowest BCUT2D eigenvalue weighted by atomic mass is 10.6. The van der Waals surface area contributed by atoms with Gasteiger partial charge in [0.1, 0.15) is 5.15 Å². The molecule has 0 radical (unpaired) electrons. The highest BCUT2D eigenvalue weighted by atomic mass is 35.5. The van der Waals surface area contributed by atoms with Crippen LogP contribution in [0.15, 0.2) is 5.38 Å². The lowest BCUT2D eigenvalue weighted by Gasteiger charge is -1.82. The summed E-state index contributed by atoms with van der Waals surface area (Å²) in [6.45, 7) is 0. The lowest BCUT2D eigenvalue weighted by Crippen LogP contribution is -1.91. The first-order valence-corrected chi connectivity index (χ1v) is 6.92. The molecule has 0 aliphatic heterocycles. The Kier molecular flexibility index (Phi) is 5.91. The molecule has 4 nitrogen and oxygen atoms in total. The van der Waals surface area contributed by atoms with Crippen molar-refractivity contribution < 1.29 is 9.90 Å². The van der Waals surface area contributed by atoms with E-state index in [4.69, 9.17) is 51.5 Å². The van der Waals surface area contributed by atoms with Crippen molar-refractivity contribution in [1.82, 2.24) is 9.97 Å². The Balaban J connectivity index is 0.000000181. The van der Waals surface area contributed by atoms with Gasteiger partial charge in [0.05, 0.1) is 0 Å². The fraction of sp³-hybridized carbons (Fsp3) is 0. The van der Waals surface area contributed by atoms with E-state index in [9.17, 15) is 4.79 Å². The average molecular weight is 352 g/mol. The van der Waals surface area contributed by atoms with Gasteiger partial charge >= 0.3 is 5.97 Å². The minimum atomic E-state index is -1.10. The Morgan fingerprint density at radius 2 is 1.82 bits per heavy atom. The second kappa shape index (κ2) is 6.72. The third-order valence-electron chi connectivity index (χ3n) is 1.20. The standard InChI is InChI=1S/C4HCl2NO2S.C3HCl2NS/c5-2-1(3(8)9)10-4(6)7-2;4-2-1-7-3(5)6-2/h(H,8,9);1H. The van der Waals surface area contributed by atoms with E-state index in [2.05, 4.69) is 9.97 Å². The van der Waals surface area contributed by atoms with Gasteiger partial charge in [-0.1, -0.05) is 57.7 Å². The highest BCUT2D eigenvalue weighted by molar-refractivity contribution is 7.18. The van der Waals surface area contributed by atoms with Crippen LogP contribution >= 0.6 is 69.1 Å². The van der Waals surface area contributed by atoms with Crippen LogP contribution < -0.4 is 0 Å². The summed E-state index contributed by atoms with van der Waals surface area (Å²) in [5.74, 6) is -1.10. The van der Waals surface area contributed by atoms with E-state index in [0.717, 1.165) is 11.3 Å². The van der Waals surface area contributed by atoms with E-state index >= 15 is 0 Å². The maximum Gasteiger partial charge on any atom is 0.349 e. The van der Waals surface area contributed by atoms with Crippen LogP contribution in [0.4, 0.5) is 0 Å². The second-order valence-electron chi connectivity index (χ2n) is 2.32. The number of aromatic nitrogens is 2. The van der Waals surface area contributed by atoms with E-state index in [0.29, 0.717) is 9.62 Å². The first kappa shape index (κ1) is 14.9. The number of hydrogen-bond acceptors (Lipinski definition) is 5. The van der Waals surface area contributed by atoms with Crippen LogP contribution in [-0.2, 0) is 0 Å². The molecule has 0 amide bonds. The van der Waals surface area contributed by atoms with Crippen LogP contribution in [0.1, 0.15) is 9.67 Å². The molecule has 92 valence electrons. The summed E-state index contributed by atoms with van der Waals surface area (Å²) in [6.07, 6.45) is 0. The smallest absolute Gasteiger partial charge is 0.349 e. The molecule has 0 unspecified atom stereocenters. The van der Waals surface area contributed by atoms with Crippen LogP contribution in [0.3, 0.4) is 0 Å². The fourth-order valence-corrected chi connectivity index (χ4v) is 2.79. The molecule has 0 fully saturated rings. The number of rotatable bonds is 1. The van der Waals surface area contributed by atoms with Crippen LogP contribution in [0.2, 0.25) is 19.2 Å². The number of carbonyl (C=O) groups is 1. The lowest BCUT2D eigenvalue weighted by molar-refractivity contribution is 0.0702. The minimum Gasteiger partial charge on any atom is -0.477 e. The largest absolute Gasteiger partial charge is 0.477 e. The van der Waals surface area contributed by atoms with E-state index in [1.807, 2.05) is 0 Å². The van der Waals surface area contributed by atoms with Crippen molar-refractivity contribution in [3.8, 4) is 0 Å².